The van der Waals surface area contributed by atoms with Crippen LogP contribution in [0.15, 0.2) is 34.9 Å². The van der Waals surface area contributed by atoms with E-state index in [4.69, 9.17) is 9.15 Å². The Hall–Kier alpha value is -2.87. The number of nitrogens with zero attached hydrogens (tertiary/aromatic N) is 2. The van der Waals surface area contributed by atoms with E-state index in [0.29, 0.717) is 37.0 Å². The zero-order chi connectivity index (χ0) is 16.9. The first-order valence-corrected chi connectivity index (χ1v) is 7.52. The lowest BCUT2D eigenvalue weighted by atomic mass is 10.3. The molecule has 8 nitrogen and oxygen atoms in total. The van der Waals surface area contributed by atoms with E-state index in [1.807, 2.05) is 4.90 Å². The molecule has 2 amide bonds. The van der Waals surface area contributed by atoms with Crippen LogP contribution < -0.4 is 15.5 Å². The van der Waals surface area contributed by atoms with Gasteiger partial charge in [0.05, 0.1) is 18.4 Å². The molecule has 24 heavy (non-hydrogen) atoms. The summed E-state index contributed by atoms with van der Waals surface area (Å²) in [4.78, 5) is 29.7. The first kappa shape index (κ1) is 16.0. The number of pyridine rings is 1. The number of aromatic nitrogens is 1. The molecule has 0 spiro atoms. The van der Waals surface area contributed by atoms with E-state index in [9.17, 15) is 9.59 Å². The monoisotopic (exact) mass is 330 g/mol. The molecule has 1 fully saturated rings. The van der Waals surface area contributed by atoms with Gasteiger partial charge in [-0.05, 0) is 24.3 Å². The molecular weight excluding hydrogens is 312 g/mol. The Kier molecular flexibility index (Phi) is 4.76. The molecule has 8 heteroatoms. The van der Waals surface area contributed by atoms with E-state index < -0.39 is 0 Å². The molecule has 126 valence electrons. The smallest absolute Gasteiger partial charge is 0.291 e. The average Bonchev–Trinajstić information content (AvgIpc) is 3.05. The molecule has 0 aromatic carbocycles. The van der Waals surface area contributed by atoms with Crippen molar-refractivity contribution in [3.8, 4) is 0 Å². The molecule has 1 saturated heterocycles. The second kappa shape index (κ2) is 7.14. The van der Waals surface area contributed by atoms with Crippen LogP contribution in [0.3, 0.4) is 0 Å². The van der Waals surface area contributed by atoms with E-state index in [1.54, 1.807) is 37.6 Å². The maximum absolute atomic E-state index is 12.1. The molecule has 0 radical (unpaired) electrons. The van der Waals surface area contributed by atoms with E-state index in [2.05, 4.69) is 15.6 Å². The van der Waals surface area contributed by atoms with Crippen molar-refractivity contribution in [1.29, 1.82) is 0 Å². The van der Waals surface area contributed by atoms with Crippen LogP contribution in [0.1, 0.15) is 16.3 Å². The maximum Gasteiger partial charge on any atom is 0.291 e. The highest BCUT2D eigenvalue weighted by Gasteiger charge is 2.17. The Morgan fingerprint density at radius 2 is 2.29 bits per heavy atom. The van der Waals surface area contributed by atoms with Gasteiger partial charge < -0.3 is 24.7 Å². The predicted octanol–water partition coefficient (Wildman–Crippen LogP) is 1.01. The first-order chi connectivity index (χ1) is 11.7. The van der Waals surface area contributed by atoms with Crippen molar-refractivity contribution >= 4 is 23.3 Å². The molecule has 2 aromatic rings. The minimum atomic E-state index is -0.357. The summed E-state index contributed by atoms with van der Waals surface area (Å²) in [5, 5.41) is 5.48. The third kappa shape index (κ3) is 3.72. The van der Waals surface area contributed by atoms with Crippen molar-refractivity contribution in [3.05, 3.63) is 42.0 Å². The number of nitrogens with one attached hydrogen (secondary N) is 2. The molecule has 1 aliphatic heterocycles. The number of furan rings is 1. The second-order valence-corrected chi connectivity index (χ2v) is 5.33. The van der Waals surface area contributed by atoms with Gasteiger partial charge in [-0.2, -0.15) is 0 Å². The lowest BCUT2D eigenvalue weighted by Gasteiger charge is -2.27. The van der Waals surface area contributed by atoms with E-state index >= 15 is 0 Å². The Labute approximate surface area is 138 Å². The van der Waals surface area contributed by atoms with Crippen molar-refractivity contribution in [2.24, 2.45) is 0 Å². The molecular formula is C16H18N4O4. The highest BCUT2D eigenvalue weighted by Crippen LogP contribution is 2.16. The van der Waals surface area contributed by atoms with Gasteiger partial charge in [-0.15, -0.1) is 0 Å². The molecule has 0 bridgehead atoms. The van der Waals surface area contributed by atoms with Crippen molar-refractivity contribution in [1.82, 2.24) is 10.3 Å². The summed E-state index contributed by atoms with van der Waals surface area (Å²) < 4.78 is 10.3. The highest BCUT2D eigenvalue weighted by molar-refractivity contribution is 6.02. The Bertz CT molecular complexity index is 726. The number of hydrogen-bond acceptors (Lipinski definition) is 6. The zero-order valence-corrected chi connectivity index (χ0v) is 13.2. The van der Waals surface area contributed by atoms with E-state index in [1.165, 1.54) is 0 Å². The Morgan fingerprint density at radius 3 is 3.00 bits per heavy atom. The van der Waals surface area contributed by atoms with E-state index in [-0.39, 0.29) is 24.1 Å². The van der Waals surface area contributed by atoms with Crippen LogP contribution in [-0.4, -0.2) is 43.5 Å². The summed E-state index contributed by atoms with van der Waals surface area (Å²) in [7, 11) is 1.56. The fraction of sp³-hybridized carbons (Fsp3) is 0.312. The van der Waals surface area contributed by atoms with Crippen LogP contribution in [0, 0.1) is 0 Å². The van der Waals surface area contributed by atoms with E-state index in [0.717, 1.165) is 0 Å². The molecule has 0 aliphatic carbocycles. The summed E-state index contributed by atoms with van der Waals surface area (Å²) >= 11 is 0. The fourth-order valence-electron chi connectivity index (χ4n) is 2.39. The maximum atomic E-state index is 12.1. The second-order valence-electron chi connectivity index (χ2n) is 5.33. The molecule has 0 atom stereocenters. The molecule has 2 N–H and O–H groups in total. The van der Waals surface area contributed by atoms with Crippen LogP contribution >= 0.6 is 0 Å². The van der Waals surface area contributed by atoms with Crippen molar-refractivity contribution in [2.45, 2.75) is 6.61 Å². The number of anilines is 2. The molecule has 1 aliphatic rings. The molecule has 0 unspecified atom stereocenters. The van der Waals surface area contributed by atoms with Gasteiger partial charge in [0, 0.05) is 20.2 Å². The van der Waals surface area contributed by atoms with Crippen molar-refractivity contribution < 1.29 is 18.7 Å². The van der Waals surface area contributed by atoms with Crippen LogP contribution in [-0.2, 0) is 16.1 Å². The van der Waals surface area contributed by atoms with Gasteiger partial charge in [-0.1, -0.05) is 0 Å². The van der Waals surface area contributed by atoms with Gasteiger partial charge in [-0.25, -0.2) is 4.98 Å². The van der Waals surface area contributed by atoms with Crippen LogP contribution in [0.5, 0.6) is 0 Å². The van der Waals surface area contributed by atoms with Gasteiger partial charge >= 0.3 is 0 Å². The Balaban J connectivity index is 1.62. The summed E-state index contributed by atoms with van der Waals surface area (Å²) in [6.07, 6.45) is 1.55. The topological polar surface area (TPSA) is 96.7 Å². The number of carbonyl (C=O) groups excluding carboxylic acids is 2. The quantitative estimate of drug-likeness (QED) is 0.849. The number of methoxy groups -OCH3 is 1. The van der Waals surface area contributed by atoms with Gasteiger partial charge in [0.25, 0.3) is 5.91 Å². The van der Waals surface area contributed by atoms with Gasteiger partial charge in [0.1, 0.15) is 18.2 Å². The standard InChI is InChI=1S/C16H18N4O4/c1-23-10-12-3-4-13(24-12)16(22)19-11-2-5-14(18-8-11)20-7-6-17-15(21)9-20/h2-5,8H,6-7,9-10H2,1H3,(H,17,21)(H,19,22). The van der Waals surface area contributed by atoms with Crippen LogP contribution in [0.25, 0.3) is 0 Å². The van der Waals surface area contributed by atoms with Crippen LogP contribution in [0.4, 0.5) is 11.5 Å². The summed E-state index contributed by atoms with van der Waals surface area (Å²) in [5.41, 5.74) is 0.551. The fourth-order valence-corrected chi connectivity index (χ4v) is 2.39. The number of piperazine rings is 1. The van der Waals surface area contributed by atoms with Gasteiger partial charge in [-0.3, -0.25) is 9.59 Å². The van der Waals surface area contributed by atoms with Crippen molar-refractivity contribution in [2.75, 3.05) is 37.0 Å². The molecule has 3 heterocycles. The highest BCUT2D eigenvalue weighted by atomic mass is 16.5. The third-order valence-corrected chi connectivity index (χ3v) is 3.54. The lowest BCUT2D eigenvalue weighted by molar-refractivity contribution is -0.120. The largest absolute Gasteiger partial charge is 0.453 e. The number of hydrogen-bond donors (Lipinski definition) is 2. The number of rotatable bonds is 5. The SMILES string of the molecule is COCc1ccc(C(=O)Nc2ccc(N3CCNC(=O)C3)nc2)o1. The molecule has 0 saturated carbocycles. The number of ether oxygens (including phenoxy) is 1. The zero-order valence-electron chi connectivity index (χ0n) is 13.2. The minimum absolute atomic E-state index is 0.0230. The van der Waals surface area contributed by atoms with Crippen molar-refractivity contribution in [3.63, 3.8) is 0 Å². The number of amides is 2. The van der Waals surface area contributed by atoms with Crippen LogP contribution in [0.2, 0.25) is 0 Å². The summed E-state index contributed by atoms with van der Waals surface area (Å²) in [5.74, 6) is 1.11. The third-order valence-electron chi connectivity index (χ3n) is 3.54. The minimum Gasteiger partial charge on any atom is -0.453 e. The molecule has 3 rings (SSSR count). The van der Waals surface area contributed by atoms with Gasteiger partial charge in [0.15, 0.2) is 5.76 Å². The summed E-state index contributed by atoms with van der Waals surface area (Å²) in [6.45, 7) is 1.90. The molecule has 2 aromatic heterocycles. The normalized spacial score (nSPS) is 14.4. The average molecular weight is 330 g/mol. The predicted molar refractivity (Wildman–Crippen MR) is 86.8 cm³/mol. The Morgan fingerprint density at radius 1 is 1.42 bits per heavy atom. The van der Waals surface area contributed by atoms with Gasteiger partial charge in [0.2, 0.25) is 5.91 Å². The number of carbonyl (C=O) groups is 2. The first-order valence-electron chi connectivity index (χ1n) is 7.52. The summed E-state index contributed by atoms with van der Waals surface area (Å²) in [6, 6.07) is 6.80. The lowest BCUT2D eigenvalue weighted by Crippen LogP contribution is -2.48.